The van der Waals surface area contributed by atoms with Crippen LogP contribution in [0, 0.1) is 0 Å². The van der Waals surface area contributed by atoms with Gasteiger partial charge < -0.3 is 14.3 Å². The zero-order valence-corrected chi connectivity index (χ0v) is 17.9. The van der Waals surface area contributed by atoms with Crippen molar-refractivity contribution in [1.29, 1.82) is 0 Å². The van der Waals surface area contributed by atoms with Crippen molar-refractivity contribution < 1.29 is 14.1 Å². The lowest BCUT2D eigenvalue weighted by Gasteiger charge is -2.36. The minimum absolute atomic E-state index is 0.0251. The number of benzene rings is 1. The maximum Gasteiger partial charge on any atom is 0.249 e. The molecular formula is C21H27ClN4O3. The summed E-state index contributed by atoms with van der Waals surface area (Å²) in [7, 11) is 0. The van der Waals surface area contributed by atoms with Gasteiger partial charge in [0.1, 0.15) is 6.04 Å². The first-order chi connectivity index (χ1) is 13.9. The fourth-order valence-electron chi connectivity index (χ4n) is 3.60. The molecule has 1 aliphatic rings. The number of aromatic nitrogens is 2. The van der Waals surface area contributed by atoms with Gasteiger partial charge in [0.2, 0.25) is 23.5 Å². The van der Waals surface area contributed by atoms with Crippen molar-refractivity contribution in [2.45, 2.75) is 58.5 Å². The molecule has 3 rings (SSSR count). The van der Waals surface area contributed by atoms with E-state index in [-0.39, 0.29) is 30.4 Å². The van der Waals surface area contributed by atoms with E-state index < -0.39 is 0 Å². The van der Waals surface area contributed by atoms with E-state index in [1.54, 1.807) is 21.9 Å². The van der Waals surface area contributed by atoms with Gasteiger partial charge in [-0.2, -0.15) is 4.98 Å². The van der Waals surface area contributed by atoms with Crippen LogP contribution in [0.15, 0.2) is 28.8 Å². The first-order valence-corrected chi connectivity index (χ1v) is 10.5. The van der Waals surface area contributed by atoms with Crippen LogP contribution in [0.3, 0.4) is 0 Å². The number of carbonyl (C=O) groups excluding carboxylic acids is 2. The fourth-order valence-corrected chi connectivity index (χ4v) is 3.79. The molecule has 1 aromatic heterocycles. The van der Waals surface area contributed by atoms with Crippen LogP contribution in [-0.4, -0.2) is 50.9 Å². The third-order valence-corrected chi connectivity index (χ3v) is 5.42. The second kappa shape index (κ2) is 9.39. The van der Waals surface area contributed by atoms with Crippen LogP contribution in [0.5, 0.6) is 0 Å². The first-order valence-electron chi connectivity index (χ1n) is 10.1. The number of likely N-dealkylation sites (tertiary alicyclic amines) is 1. The molecule has 29 heavy (non-hydrogen) atoms. The molecule has 1 fully saturated rings. The number of carbonyl (C=O) groups is 2. The van der Waals surface area contributed by atoms with E-state index in [4.69, 9.17) is 16.1 Å². The Labute approximate surface area is 176 Å². The zero-order chi connectivity index (χ0) is 21.0. The van der Waals surface area contributed by atoms with E-state index in [9.17, 15) is 9.59 Å². The SMILES string of the molecule is CCC(=O)N(CC(=O)N1CCCCC1c1nc(-c2cccc(Cl)c2)no1)C(C)C. The lowest BCUT2D eigenvalue weighted by Crippen LogP contribution is -2.48. The highest BCUT2D eigenvalue weighted by molar-refractivity contribution is 6.30. The summed E-state index contributed by atoms with van der Waals surface area (Å²) in [6.07, 6.45) is 3.03. The fraction of sp³-hybridized carbons (Fsp3) is 0.524. The van der Waals surface area contributed by atoms with Crippen molar-refractivity contribution in [3.63, 3.8) is 0 Å². The van der Waals surface area contributed by atoms with Gasteiger partial charge in [-0.3, -0.25) is 9.59 Å². The molecular weight excluding hydrogens is 392 g/mol. The summed E-state index contributed by atoms with van der Waals surface area (Å²) in [4.78, 5) is 33.2. The number of amides is 2. The van der Waals surface area contributed by atoms with Crippen molar-refractivity contribution in [3.8, 4) is 11.4 Å². The Hall–Kier alpha value is -2.41. The molecule has 2 aromatic rings. The quantitative estimate of drug-likeness (QED) is 0.705. The van der Waals surface area contributed by atoms with E-state index in [0.29, 0.717) is 29.7 Å². The maximum absolute atomic E-state index is 13.1. The summed E-state index contributed by atoms with van der Waals surface area (Å²) in [6.45, 7) is 6.33. The van der Waals surface area contributed by atoms with Gasteiger partial charge in [0.25, 0.3) is 0 Å². The molecule has 2 heterocycles. The van der Waals surface area contributed by atoms with Gasteiger partial charge >= 0.3 is 0 Å². The molecule has 0 saturated carbocycles. The van der Waals surface area contributed by atoms with Gasteiger partial charge in [0.05, 0.1) is 6.54 Å². The monoisotopic (exact) mass is 418 g/mol. The van der Waals surface area contributed by atoms with Crippen LogP contribution in [0.2, 0.25) is 5.02 Å². The first kappa shape index (κ1) is 21.3. The van der Waals surface area contributed by atoms with E-state index in [2.05, 4.69) is 10.1 Å². The van der Waals surface area contributed by atoms with Gasteiger partial charge in [-0.1, -0.05) is 35.8 Å². The van der Waals surface area contributed by atoms with Crippen LogP contribution in [0.1, 0.15) is 58.4 Å². The Bertz CT molecular complexity index is 867. The number of hydrogen-bond donors (Lipinski definition) is 0. The number of hydrogen-bond acceptors (Lipinski definition) is 5. The molecule has 1 aliphatic heterocycles. The highest BCUT2D eigenvalue weighted by Crippen LogP contribution is 2.31. The van der Waals surface area contributed by atoms with Gasteiger partial charge in [-0.05, 0) is 45.2 Å². The van der Waals surface area contributed by atoms with Crippen LogP contribution in [0.4, 0.5) is 0 Å². The van der Waals surface area contributed by atoms with Crippen molar-refractivity contribution >= 4 is 23.4 Å². The molecule has 7 nitrogen and oxygen atoms in total. The largest absolute Gasteiger partial charge is 0.337 e. The molecule has 156 valence electrons. The molecule has 0 bridgehead atoms. The van der Waals surface area contributed by atoms with Crippen molar-refractivity contribution in [2.24, 2.45) is 0 Å². The summed E-state index contributed by atoms with van der Waals surface area (Å²) in [5.74, 6) is 0.757. The standard InChI is InChI=1S/C21H27ClN4O3/c1-4-18(27)26(14(2)3)13-19(28)25-11-6-5-10-17(25)21-23-20(24-29-21)15-8-7-9-16(22)12-15/h7-9,12,14,17H,4-6,10-11,13H2,1-3H3. The summed E-state index contributed by atoms with van der Waals surface area (Å²) in [5.41, 5.74) is 0.765. The second-order valence-electron chi connectivity index (χ2n) is 7.53. The van der Waals surface area contributed by atoms with E-state index in [1.165, 1.54) is 0 Å². The van der Waals surface area contributed by atoms with Gasteiger partial charge in [-0.15, -0.1) is 0 Å². The summed E-state index contributed by atoms with van der Waals surface area (Å²) < 4.78 is 5.52. The summed E-state index contributed by atoms with van der Waals surface area (Å²) in [5, 5.41) is 4.68. The smallest absolute Gasteiger partial charge is 0.249 e. The number of piperidine rings is 1. The average molecular weight is 419 g/mol. The van der Waals surface area contributed by atoms with Gasteiger partial charge in [0.15, 0.2) is 0 Å². The van der Waals surface area contributed by atoms with E-state index >= 15 is 0 Å². The van der Waals surface area contributed by atoms with Crippen LogP contribution in [0.25, 0.3) is 11.4 Å². The van der Waals surface area contributed by atoms with Crippen molar-refractivity contribution in [2.75, 3.05) is 13.1 Å². The van der Waals surface area contributed by atoms with E-state index in [0.717, 1.165) is 24.8 Å². The number of halogens is 1. The lowest BCUT2D eigenvalue weighted by atomic mass is 10.0. The molecule has 0 N–H and O–H groups in total. The normalized spacial score (nSPS) is 16.9. The highest BCUT2D eigenvalue weighted by atomic mass is 35.5. The Morgan fingerprint density at radius 2 is 2.14 bits per heavy atom. The van der Waals surface area contributed by atoms with Crippen molar-refractivity contribution in [1.82, 2.24) is 19.9 Å². The van der Waals surface area contributed by atoms with Crippen molar-refractivity contribution in [3.05, 3.63) is 35.2 Å². The number of rotatable bonds is 6. The van der Waals surface area contributed by atoms with Gasteiger partial charge in [-0.25, -0.2) is 0 Å². The summed E-state index contributed by atoms with van der Waals surface area (Å²) >= 11 is 6.06. The van der Waals surface area contributed by atoms with E-state index in [1.807, 2.05) is 32.9 Å². The Morgan fingerprint density at radius 3 is 2.83 bits per heavy atom. The molecule has 1 unspecified atom stereocenters. The maximum atomic E-state index is 13.1. The predicted molar refractivity (Wildman–Crippen MR) is 110 cm³/mol. The van der Waals surface area contributed by atoms with Gasteiger partial charge in [0, 0.05) is 29.6 Å². The molecule has 8 heteroatoms. The third kappa shape index (κ3) is 4.96. The van der Waals surface area contributed by atoms with Crippen LogP contribution < -0.4 is 0 Å². The Kier molecular flexibility index (Phi) is 6.90. The second-order valence-corrected chi connectivity index (χ2v) is 7.97. The minimum Gasteiger partial charge on any atom is -0.337 e. The topological polar surface area (TPSA) is 79.5 Å². The molecule has 1 saturated heterocycles. The average Bonchev–Trinajstić information content (AvgIpc) is 3.21. The lowest BCUT2D eigenvalue weighted by molar-refractivity contribution is -0.144. The highest BCUT2D eigenvalue weighted by Gasteiger charge is 2.33. The van der Waals surface area contributed by atoms with Crippen LogP contribution >= 0.6 is 11.6 Å². The summed E-state index contributed by atoms with van der Waals surface area (Å²) in [6, 6.07) is 6.94. The molecule has 0 radical (unpaired) electrons. The zero-order valence-electron chi connectivity index (χ0n) is 17.1. The third-order valence-electron chi connectivity index (χ3n) is 5.18. The molecule has 2 amide bonds. The molecule has 1 aromatic carbocycles. The molecule has 0 aliphatic carbocycles. The Balaban J connectivity index is 1.79. The van der Waals surface area contributed by atoms with Crippen LogP contribution in [-0.2, 0) is 9.59 Å². The molecule has 1 atom stereocenters. The number of nitrogens with zero attached hydrogens (tertiary/aromatic N) is 4. The minimum atomic E-state index is -0.276. The predicted octanol–water partition coefficient (Wildman–Crippen LogP) is 4.09. The molecule has 0 spiro atoms. The Morgan fingerprint density at radius 1 is 1.34 bits per heavy atom.